The molecule has 0 radical (unpaired) electrons. The Balaban J connectivity index is 2.88. The average Bonchev–Trinajstić information content (AvgIpc) is 2.25. The van der Waals surface area contributed by atoms with Crippen molar-refractivity contribution in [2.75, 3.05) is 0 Å². The van der Waals surface area contributed by atoms with Gasteiger partial charge < -0.3 is 5.11 Å². The molecule has 2 rings (SSSR count). The number of carbonyl (C=O) groups is 1. The Kier molecular flexibility index (Phi) is 2.23. The molecule has 16 heavy (non-hydrogen) atoms. The topological polar surface area (TPSA) is 71.7 Å². The summed E-state index contributed by atoms with van der Waals surface area (Å²) in [6.45, 7) is 3.42. The molecule has 0 saturated carbocycles. The van der Waals surface area contributed by atoms with Crippen LogP contribution in [-0.4, -0.2) is 20.5 Å². The summed E-state index contributed by atoms with van der Waals surface area (Å²) < 4.78 is 1.26. The van der Waals surface area contributed by atoms with Crippen LogP contribution in [0.15, 0.2) is 23.1 Å². The predicted octanol–water partition coefficient (Wildman–Crippen LogP) is 1.01. The summed E-state index contributed by atoms with van der Waals surface area (Å²) in [5, 5.41) is 8.82. The summed E-state index contributed by atoms with van der Waals surface area (Å²) in [5.41, 5.74) is 1.48. The van der Waals surface area contributed by atoms with E-state index in [0.29, 0.717) is 16.9 Å². The Morgan fingerprint density at radius 1 is 1.38 bits per heavy atom. The van der Waals surface area contributed by atoms with Gasteiger partial charge in [-0.25, -0.2) is 9.78 Å². The highest BCUT2D eigenvalue weighted by Crippen LogP contribution is 2.05. The Morgan fingerprint density at radius 3 is 2.69 bits per heavy atom. The minimum Gasteiger partial charge on any atom is -0.478 e. The van der Waals surface area contributed by atoms with Gasteiger partial charge >= 0.3 is 5.97 Å². The third-order valence-corrected chi connectivity index (χ3v) is 2.54. The molecule has 2 aromatic heterocycles. The number of nitrogens with zero attached hydrogens (tertiary/aromatic N) is 2. The lowest BCUT2D eigenvalue weighted by Crippen LogP contribution is -2.20. The summed E-state index contributed by atoms with van der Waals surface area (Å²) in [4.78, 5) is 26.8. The number of aryl methyl sites for hydroxylation is 1. The van der Waals surface area contributed by atoms with Crippen LogP contribution in [0, 0.1) is 13.8 Å². The first-order valence-electron chi connectivity index (χ1n) is 4.73. The lowest BCUT2D eigenvalue weighted by molar-refractivity contribution is 0.0696. The second kappa shape index (κ2) is 3.44. The number of carboxylic acid groups (broad SMARTS) is 1. The van der Waals surface area contributed by atoms with Gasteiger partial charge in [-0.15, -0.1) is 0 Å². The fourth-order valence-corrected chi connectivity index (χ4v) is 1.46. The Hall–Kier alpha value is -2.17. The number of fused-ring (bicyclic) bond motifs is 1. The molecule has 0 aromatic carbocycles. The molecule has 0 fully saturated rings. The maximum absolute atomic E-state index is 11.9. The Labute approximate surface area is 91.0 Å². The van der Waals surface area contributed by atoms with Crippen molar-refractivity contribution < 1.29 is 9.90 Å². The van der Waals surface area contributed by atoms with Gasteiger partial charge in [-0.2, -0.15) is 0 Å². The van der Waals surface area contributed by atoms with Crippen molar-refractivity contribution in [3.63, 3.8) is 0 Å². The van der Waals surface area contributed by atoms with E-state index in [1.807, 2.05) is 0 Å². The summed E-state index contributed by atoms with van der Waals surface area (Å²) in [6.07, 6.45) is 1.29. The molecule has 5 nitrogen and oxygen atoms in total. The Morgan fingerprint density at radius 2 is 2.06 bits per heavy atom. The normalized spacial score (nSPS) is 10.6. The number of aromatic carboxylic acids is 1. The van der Waals surface area contributed by atoms with E-state index >= 15 is 0 Å². The second-order valence-electron chi connectivity index (χ2n) is 3.58. The van der Waals surface area contributed by atoms with E-state index in [4.69, 9.17) is 5.11 Å². The monoisotopic (exact) mass is 218 g/mol. The standard InChI is InChI=1S/C11H10N2O3/c1-6-7(2)12-9-4-3-8(11(15)16)5-13(9)10(6)14/h3-5H,1-2H3,(H,15,16). The van der Waals surface area contributed by atoms with Crippen molar-refractivity contribution in [3.8, 4) is 0 Å². The van der Waals surface area contributed by atoms with Gasteiger partial charge in [0.15, 0.2) is 0 Å². The summed E-state index contributed by atoms with van der Waals surface area (Å²) in [7, 11) is 0. The van der Waals surface area contributed by atoms with Crippen LogP contribution in [0.5, 0.6) is 0 Å². The second-order valence-corrected chi connectivity index (χ2v) is 3.58. The zero-order valence-electron chi connectivity index (χ0n) is 8.89. The zero-order chi connectivity index (χ0) is 11.9. The van der Waals surface area contributed by atoms with Gasteiger partial charge in [-0.1, -0.05) is 0 Å². The third kappa shape index (κ3) is 1.46. The first kappa shape index (κ1) is 10.4. The summed E-state index contributed by atoms with van der Waals surface area (Å²) >= 11 is 0. The maximum atomic E-state index is 11.9. The SMILES string of the molecule is Cc1nc2ccc(C(=O)O)cn2c(=O)c1C. The smallest absolute Gasteiger partial charge is 0.337 e. The molecule has 0 bridgehead atoms. The van der Waals surface area contributed by atoms with E-state index in [9.17, 15) is 9.59 Å². The molecule has 0 spiro atoms. The quantitative estimate of drug-likeness (QED) is 0.775. The van der Waals surface area contributed by atoms with Crippen LogP contribution in [0.1, 0.15) is 21.6 Å². The van der Waals surface area contributed by atoms with E-state index in [1.54, 1.807) is 13.8 Å². The summed E-state index contributed by atoms with van der Waals surface area (Å²) in [5.74, 6) is -1.06. The van der Waals surface area contributed by atoms with Crippen LogP contribution in [0.2, 0.25) is 0 Å². The molecule has 0 aliphatic carbocycles. The van der Waals surface area contributed by atoms with Crippen molar-refractivity contribution in [2.24, 2.45) is 0 Å². The molecule has 2 heterocycles. The van der Waals surface area contributed by atoms with Gasteiger partial charge in [-0.3, -0.25) is 9.20 Å². The molecule has 2 aromatic rings. The number of pyridine rings is 1. The van der Waals surface area contributed by atoms with Crippen LogP contribution in [-0.2, 0) is 0 Å². The fraction of sp³-hybridized carbons (Fsp3) is 0.182. The van der Waals surface area contributed by atoms with E-state index in [1.165, 1.54) is 22.7 Å². The number of aromatic nitrogens is 2. The van der Waals surface area contributed by atoms with E-state index in [2.05, 4.69) is 4.98 Å². The predicted molar refractivity (Wildman–Crippen MR) is 57.9 cm³/mol. The lowest BCUT2D eigenvalue weighted by atomic mass is 10.2. The number of carboxylic acids is 1. The number of hydrogen-bond acceptors (Lipinski definition) is 3. The number of hydrogen-bond donors (Lipinski definition) is 1. The first-order valence-corrected chi connectivity index (χ1v) is 4.73. The van der Waals surface area contributed by atoms with Gasteiger partial charge in [0.25, 0.3) is 5.56 Å². The molecule has 0 saturated heterocycles. The highest BCUT2D eigenvalue weighted by molar-refractivity contribution is 5.87. The van der Waals surface area contributed by atoms with Gasteiger partial charge in [0.05, 0.1) is 5.56 Å². The van der Waals surface area contributed by atoms with E-state index in [-0.39, 0.29) is 11.1 Å². The Bertz CT molecular complexity index is 643. The molecule has 0 aliphatic heterocycles. The maximum Gasteiger partial charge on any atom is 0.337 e. The van der Waals surface area contributed by atoms with Gasteiger partial charge in [-0.05, 0) is 26.0 Å². The van der Waals surface area contributed by atoms with Gasteiger partial charge in [0.1, 0.15) is 5.65 Å². The molecule has 5 heteroatoms. The fourth-order valence-electron chi connectivity index (χ4n) is 1.46. The minimum absolute atomic E-state index is 0.0691. The third-order valence-electron chi connectivity index (χ3n) is 2.54. The van der Waals surface area contributed by atoms with Crippen molar-refractivity contribution in [1.29, 1.82) is 0 Å². The molecule has 0 aliphatic rings. The first-order chi connectivity index (χ1) is 7.50. The van der Waals surface area contributed by atoms with Crippen LogP contribution in [0.25, 0.3) is 5.65 Å². The van der Waals surface area contributed by atoms with Crippen LogP contribution in [0.3, 0.4) is 0 Å². The lowest BCUT2D eigenvalue weighted by Gasteiger charge is -2.05. The highest BCUT2D eigenvalue weighted by atomic mass is 16.4. The van der Waals surface area contributed by atoms with Crippen molar-refractivity contribution >= 4 is 11.6 Å². The largest absolute Gasteiger partial charge is 0.478 e. The zero-order valence-corrected chi connectivity index (χ0v) is 8.89. The molecule has 0 atom stereocenters. The van der Waals surface area contributed by atoms with E-state index in [0.717, 1.165) is 0 Å². The molecule has 82 valence electrons. The minimum atomic E-state index is -1.06. The molecule has 0 unspecified atom stereocenters. The highest BCUT2D eigenvalue weighted by Gasteiger charge is 2.08. The van der Waals surface area contributed by atoms with Crippen LogP contribution in [0.4, 0.5) is 0 Å². The van der Waals surface area contributed by atoms with Crippen molar-refractivity contribution in [3.05, 3.63) is 45.5 Å². The van der Waals surface area contributed by atoms with Crippen LogP contribution < -0.4 is 5.56 Å². The molecular formula is C11H10N2O3. The van der Waals surface area contributed by atoms with Crippen molar-refractivity contribution in [1.82, 2.24) is 9.38 Å². The molecule has 0 amide bonds. The molecule has 1 N–H and O–H groups in total. The van der Waals surface area contributed by atoms with Crippen LogP contribution >= 0.6 is 0 Å². The number of rotatable bonds is 1. The average molecular weight is 218 g/mol. The molecular weight excluding hydrogens is 208 g/mol. The van der Waals surface area contributed by atoms with Gasteiger partial charge in [0.2, 0.25) is 0 Å². The van der Waals surface area contributed by atoms with E-state index < -0.39 is 5.97 Å². The van der Waals surface area contributed by atoms with Crippen molar-refractivity contribution in [2.45, 2.75) is 13.8 Å². The summed E-state index contributed by atoms with van der Waals surface area (Å²) in [6, 6.07) is 2.95. The van der Waals surface area contributed by atoms with Gasteiger partial charge in [0, 0.05) is 17.5 Å².